The van der Waals surface area contributed by atoms with Crippen LogP contribution in [0, 0.1) is 10.1 Å². The van der Waals surface area contributed by atoms with Crippen LogP contribution < -0.4 is 9.21 Å². The van der Waals surface area contributed by atoms with Gasteiger partial charge in [0.2, 0.25) is 15.9 Å². The van der Waals surface area contributed by atoms with Crippen LogP contribution in [0.2, 0.25) is 0 Å². The Labute approximate surface area is 182 Å². The molecule has 1 heterocycles. The lowest BCUT2D eigenvalue weighted by molar-refractivity contribution is -0.384. The van der Waals surface area contributed by atoms with Gasteiger partial charge in [-0.3, -0.25) is 19.2 Å². The molecule has 31 heavy (non-hydrogen) atoms. The minimum absolute atomic E-state index is 0.111. The lowest BCUT2D eigenvalue weighted by Gasteiger charge is -2.39. The molecular weight excluding hydrogens is 420 g/mol. The topological polar surface area (TPSA) is 104 Å². The Morgan fingerprint density at radius 3 is 2.29 bits per heavy atom. The van der Waals surface area contributed by atoms with Gasteiger partial charge in [0.25, 0.3) is 5.69 Å². The van der Waals surface area contributed by atoms with Crippen molar-refractivity contribution >= 4 is 33.0 Å². The fourth-order valence-corrected chi connectivity index (χ4v) is 5.02. The number of benzene rings is 2. The third-order valence-electron chi connectivity index (χ3n) is 5.32. The van der Waals surface area contributed by atoms with Gasteiger partial charge in [-0.15, -0.1) is 0 Å². The standard InChI is InChI=1S/C21H26N4O5S/c1-3-20(24(31(2,29)30)18-10-7-11-19(16-18)25(27)28)21(26)23-14-12-22(13-15-23)17-8-5-4-6-9-17/h4-11,16,20H,3,12-15H2,1-2H3/t20-/m1/s1. The van der Waals surface area contributed by atoms with Crippen LogP contribution in [0.4, 0.5) is 17.1 Å². The van der Waals surface area contributed by atoms with Crippen molar-refractivity contribution in [2.45, 2.75) is 19.4 Å². The number of carbonyl (C=O) groups is 1. The van der Waals surface area contributed by atoms with Crippen LogP contribution in [0.25, 0.3) is 0 Å². The molecule has 10 heteroatoms. The molecule has 1 saturated heterocycles. The van der Waals surface area contributed by atoms with Gasteiger partial charge in [-0.25, -0.2) is 8.42 Å². The third kappa shape index (κ3) is 5.13. The van der Waals surface area contributed by atoms with Crippen LogP contribution in [-0.4, -0.2) is 62.6 Å². The summed E-state index contributed by atoms with van der Waals surface area (Å²) in [7, 11) is -3.86. The first-order valence-electron chi connectivity index (χ1n) is 10.0. The van der Waals surface area contributed by atoms with Crippen LogP contribution in [0.1, 0.15) is 13.3 Å². The number of piperazine rings is 1. The number of hydrogen-bond donors (Lipinski definition) is 0. The minimum Gasteiger partial charge on any atom is -0.368 e. The van der Waals surface area contributed by atoms with E-state index in [-0.39, 0.29) is 23.7 Å². The molecule has 0 N–H and O–H groups in total. The molecule has 0 unspecified atom stereocenters. The van der Waals surface area contributed by atoms with Gasteiger partial charge in [0, 0.05) is 44.0 Å². The van der Waals surface area contributed by atoms with Gasteiger partial charge in [0.05, 0.1) is 16.9 Å². The van der Waals surface area contributed by atoms with Crippen LogP contribution in [0.3, 0.4) is 0 Å². The maximum absolute atomic E-state index is 13.3. The van der Waals surface area contributed by atoms with Crippen molar-refractivity contribution in [3.8, 4) is 0 Å². The number of anilines is 2. The fraction of sp³-hybridized carbons (Fsp3) is 0.381. The van der Waals surface area contributed by atoms with Gasteiger partial charge in [-0.1, -0.05) is 31.2 Å². The van der Waals surface area contributed by atoms with E-state index in [1.54, 1.807) is 11.8 Å². The number of hydrogen-bond acceptors (Lipinski definition) is 6. The van der Waals surface area contributed by atoms with Gasteiger partial charge < -0.3 is 9.80 Å². The van der Waals surface area contributed by atoms with Crippen LogP contribution in [-0.2, 0) is 14.8 Å². The zero-order chi connectivity index (χ0) is 22.6. The number of nitro groups is 1. The quantitative estimate of drug-likeness (QED) is 0.478. The molecule has 0 bridgehead atoms. The molecule has 2 aromatic carbocycles. The summed E-state index contributed by atoms with van der Waals surface area (Å²) >= 11 is 0. The Balaban J connectivity index is 1.82. The predicted octanol–water partition coefficient (Wildman–Crippen LogP) is 2.49. The first-order valence-corrected chi connectivity index (χ1v) is 11.9. The van der Waals surface area contributed by atoms with Gasteiger partial charge >= 0.3 is 0 Å². The molecule has 9 nitrogen and oxygen atoms in total. The van der Waals surface area contributed by atoms with Crippen molar-refractivity contribution in [2.75, 3.05) is 41.6 Å². The Hall–Kier alpha value is -3.14. The second kappa shape index (κ2) is 9.34. The van der Waals surface area contributed by atoms with E-state index in [1.165, 1.54) is 24.3 Å². The average Bonchev–Trinajstić information content (AvgIpc) is 2.77. The monoisotopic (exact) mass is 446 g/mol. The number of sulfonamides is 1. The van der Waals surface area contributed by atoms with Crippen molar-refractivity contribution < 1.29 is 18.1 Å². The van der Waals surface area contributed by atoms with E-state index in [0.717, 1.165) is 16.2 Å². The van der Waals surface area contributed by atoms with E-state index in [1.807, 2.05) is 30.3 Å². The minimum atomic E-state index is -3.86. The molecule has 0 radical (unpaired) electrons. The number of non-ortho nitro benzene ring substituents is 1. The summed E-state index contributed by atoms with van der Waals surface area (Å²) in [5, 5.41) is 11.2. The Kier molecular flexibility index (Phi) is 6.79. The number of amides is 1. The van der Waals surface area contributed by atoms with Crippen molar-refractivity contribution in [2.24, 2.45) is 0 Å². The molecular formula is C21H26N4O5S. The average molecular weight is 447 g/mol. The Morgan fingerprint density at radius 2 is 1.74 bits per heavy atom. The summed E-state index contributed by atoms with van der Waals surface area (Å²) in [6.45, 7) is 3.95. The zero-order valence-electron chi connectivity index (χ0n) is 17.5. The highest BCUT2D eigenvalue weighted by Crippen LogP contribution is 2.27. The normalized spacial score (nSPS) is 15.4. The summed E-state index contributed by atoms with van der Waals surface area (Å²) in [6, 6.07) is 14.3. The Bertz CT molecular complexity index is 1040. The van der Waals surface area contributed by atoms with Crippen LogP contribution >= 0.6 is 0 Å². The molecule has 1 fully saturated rings. The predicted molar refractivity (Wildman–Crippen MR) is 120 cm³/mol. The number of nitro benzene ring substituents is 1. The second-order valence-electron chi connectivity index (χ2n) is 7.41. The number of carbonyl (C=O) groups excluding carboxylic acids is 1. The summed E-state index contributed by atoms with van der Waals surface area (Å²) in [5.74, 6) is -0.299. The summed E-state index contributed by atoms with van der Waals surface area (Å²) in [5.41, 5.74) is 0.959. The SMILES string of the molecule is CC[C@H](C(=O)N1CCN(c2ccccc2)CC1)N(c1cccc([N+](=O)[O-])c1)S(C)(=O)=O. The molecule has 1 atom stereocenters. The van der Waals surface area contributed by atoms with E-state index >= 15 is 0 Å². The van der Waals surface area contributed by atoms with Crippen LogP contribution in [0.15, 0.2) is 54.6 Å². The van der Waals surface area contributed by atoms with E-state index in [4.69, 9.17) is 0 Å². The highest BCUT2D eigenvalue weighted by molar-refractivity contribution is 7.92. The van der Waals surface area contributed by atoms with E-state index in [2.05, 4.69) is 4.90 Å². The second-order valence-corrected chi connectivity index (χ2v) is 9.27. The molecule has 1 amide bonds. The maximum atomic E-state index is 13.3. The van der Waals surface area contributed by atoms with Crippen LogP contribution in [0.5, 0.6) is 0 Å². The smallest absolute Gasteiger partial charge is 0.271 e. The molecule has 0 aromatic heterocycles. The summed E-state index contributed by atoms with van der Waals surface area (Å²) in [6.07, 6.45) is 1.25. The van der Waals surface area contributed by atoms with Crippen molar-refractivity contribution in [1.29, 1.82) is 0 Å². The number of nitrogens with zero attached hydrogens (tertiary/aromatic N) is 4. The molecule has 0 aliphatic carbocycles. The van der Waals surface area contributed by atoms with Gasteiger partial charge in [0.15, 0.2) is 0 Å². The molecule has 0 spiro atoms. The third-order valence-corrected chi connectivity index (χ3v) is 6.50. The van der Waals surface area contributed by atoms with Gasteiger partial charge in [0.1, 0.15) is 6.04 Å². The van der Waals surface area contributed by atoms with Crippen molar-refractivity contribution in [3.63, 3.8) is 0 Å². The largest absolute Gasteiger partial charge is 0.368 e. The van der Waals surface area contributed by atoms with E-state index in [0.29, 0.717) is 26.2 Å². The highest BCUT2D eigenvalue weighted by atomic mass is 32.2. The molecule has 166 valence electrons. The Morgan fingerprint density at radius 1 is 1.10 bits per heavy atom. The molecule has 3 rings (SSSR count). The lowest BCUT2D eigenvalue weighted by atomic mass is 10.1. The fourth-order valence-electron chi connectivity index (χ4n) is 3.82. The molecule has 1 aliphatic rings. The zero-order valence-corrected chi connectivity index (χ0v) is 18.4. The molecule has 1 aliphatic heterocycles. The van der Waals surface area contributed by atoms with Gasteiger partial charge in [-0.2, -0.15) is 0 Å². The first-order chi connectivity index (χ1) is 14.7. The van der Waals surface area contributed by atoms with E-state index in [9.17, 15) is 23.3 Å². The first kappa shape index (κ1) is 22.5. The molecule has 0 saturated carbocycles. The molecule has 2 aromatic rings. The maximum Gasteiger partial charge on any atom is 0.271 e. The van der Waals surface area contributed by atoms with Gasteiger partial charge in [-0.05, 0) is 24.6 Å². The summed E-state index contributed by atoms with van der Waals surface area (Å²) in [4.78, 5) is 27.7. The number of rotatable bonds is 7. The van der Waals surface area contributed by atoms with Crippen molar-refractivity contribution in [3.05, 3.63) is 64.7 Å². The highest BCUT2D eigenvalue weighted by Gasteiger charge is 2.35. The van der Waals surface area contributed by atoms with E-state index < -0.39 is 21.0 Å². The van der Waals surface area contributed by atoms with Crippen molar-refractivity contribution in [1.82, 2.24) is 4.90 Å². The lowest BCUT2D eigenvalue weighted by Crippen LogP contribution is -2.56. The number of para-hydroxylation sites is 1. The summed E-state index contributed by atoms with van der Waals surface area (Å²) < 4.78 is 26.2.